The Morgan fingerprint density at radius 3 is 2.63 bits per heavy atom. The second kappa shape index (κ2) is 6.68. The normalized spacial score (nSPS) is 11.4. The van der Waals surface area contributed by atoms with Gasteiger partial charge in [-0.25, -0.2) is 4.79 Å². The first-order valence-corrected chi connectivity index (χ1v) is 6.17. The number of hydrogen-bond acceptors (Lipinski definition) is 4. The summed E-state index contributed by atoms with van der Waals surface area (Å²) in [5.74, 6) is -0.493. The Morgan fingerprint density at radius 2 is 2.00 bits per heavy atom. The summed E-state index contributed by atoms with van der Waals surface area (Å²) in [6.45, 7) is 9.03. The molecular formula is C15H21O4. The second-order valence-electron chi connectivity index (χ2n) is 5.12. The minimum atomic E-state index is -0.493. The number of carbonyl (C=O) groups excluding carboxylic acids is 1. The van der Waals surface area contributed by atoms with Crippen molar-refractivity contribution in [2.75, 3.05) is 7.11 Å². The lowest BCUT2D eigenvalue weighted by molar-refractivity contribution is -0.218. The second-order valence-corrected chi connectivity index (χ2v) is 5.12. The van der Waals surface area contributed by atoms with Crippen molar-refractivity contribution >= 4 is 5.97 Å². The molecule has 19 heavy (non-hydrogen) atoms. The lowest BCUT2D eigenvalue weighted by atomic mass is 10.1. The van der Waals surface area contributed by atoms with Crippen LogP contribution in [-0.4, -0.2) is 18.7 Å². The van der Waals surface area contributed by atoms with E-state index in [-0.39, 0.29) is 5.60 Å². The molecule has 0 saturated heterocycles. The molecule has 0 atom stereocenters. The van der Waals surface area contributed by atoms with Gasteiger partial charge in [-0.3, -0.25) is 4.89 Å². The van der Waals surface area contributed by atoms with Gasteiger partial charge in [0.1, 0.15) is 6.61 Å². The van der Waals surface area contributed by atoms with E-state index in [1.807, 2.05) is 39.8 Å². The van der Waals surface area contributed by atoms with E-state index >= 15 is 0 Å². The molecule has 0 unspecified atom stereocenters. The molecule has 0 aliphatic rings. The molecule has 0 amide bonds. The van der Waals surface area contributed by atoms with Crippen LogP contribution in [0.15, 0.2) is 18.2 Å². The molecule has 1 radical (unpaired) electrons. The number of rotatable bonds is 6. The predicted octanol–water partition coefficient (Wildman–Crippen LogP) is 3.37. The molecule has 0 aliphatic heterocycles. The summed E-state index contributed by atoms with van der Waals surface area (Å²) < 4.78 is 5.21. The van der Waals surface area contributed by atoms with Crippen molar-refractivity contribution in [1.82, 2.24) is 0 Å². The number of benzene rings is 1. The third kappa shape index (κ3) is 5.01. The molecular weight excluding hydrogens is 244 g/mol. The maximum atomic E-state index is 11.8. The van der Waals surface area contributed by atoms with Crippen LogP contribution < -0.4 is 0 Å². The number of hydrogen-bond donors (Lipinski definition) is 0. The molecule has 0 N–H and O–H groups in total. The Balaban J connectivity index is 2.46. The highest BCUT2D eigenvalue weighted by molar-refractivity contribution is 5.90. The summed E-state index contributed by atoms with van der Waals surface area (Å²) in [5.41, 5.74) is 2.03. The maximum absolute atomic E-state index is 11.8. The quantitative estimate of drug-likeness (QED) is 0.449. The molecule has 1 aromatic carbocycles. The zero-order chi connectivity index (χ0) is 14.5. The molecule has 1 rings (SSSR count). The first-order chi connectivity index (χ1) is 8.85. The van der Waals surface area contributed by atoms with Crippen LogP contribution in [0.1, 0.15) is 41.8 Å². The van der Waals surface area contributed by atoms with Crippen molar-refractivity contribution in [3.05, 3.63) is 41.5 Å². The van der Waals surface area contributed by atoms with Gasteiger partial charge in [0, 0.05) is 13.5 Å². The van der Waals surface area contributed by atoms with E-state index in [0.717, 1.165) is 11.1 Å². The summed E-state index contributed by atoms with van der Waals surface area (Å²) in [5, 5.41) is 0. The van der Waals surface area contributed by atoms with Gasteiger partial charge in [-0.2, -0.15) is 4.89 Å². The van der Waals surface area contributed by atoms with Crippen molar-refractivity contribution in [2.45, 2.75) is 39.7 Å². The van der Waals surface area contributed by atoms with Crippen LogP contribution in [0.4, 0.5) is 0 Å². The van der Waals surface area contributed by atoms with E-state index < -0.39 is 5.97 Å². The summed E-state index contributed by atoms with van der Waals surface area (Å²) in [6, 6.07) is 5.60. The molecule has 0 aromatic heterocycles. The lowest BCUT2D eigenvalue weighted by Crippen LogP contribution is -2.23. The fourth-order valence-electron chi connectivity index (χ4n) is 1.40. The van der Waals surface area contributed by atoms with Crippen LogP contribution in [0.25, 0.3) is 0 Å². The summed E-state index contributed by atoms with van der Waals surface area (Å²) in [4.78, 5) is 21.4. The van der Waals surface area contributed by atoms with Gasteiger partial charge in [0.05, 0.1) is 11.2 Å². The van der Waals surface area contributed by atoms with Crippen molar-refractivity contribution in [3.63, 3.8) is 0 Å². The number of ether oxygens (including phenoxy) is 1. The molecule has 1 aromatic rings. The third-order valence-electron chi connectivity index (χ3n) is 2.93. The Kier molecular flexibility index (Phi) is 5.51. The Bertz CT molecular complexity index is 438. The fourth-order valence-corrected chi connectivity index (χ4v) is 1.40. The van der Waals surface area contributed by atoms with E-state index in [0.29, 0.717) is 12.0 Å². The van der Waals surface area contributed by atoms with Gasteiger partial charge in [0.25, 0.3) is 0 Å². The molecule has 105 valence electrons. The standard InChI is InChI=1S/C15H21O4/c1-11-6-7-12(2)13(10-11)14(16)19-18-9-8-15(3,4)17-5/h6-7,9-10H,8H2,1-5H3. The van der Waals surface area contributed by atoms with Gasteiger partial charge >= 0.3 is 5.97 Å². The highest BCUT2D eigenvalue weighted by Crippen LogP contribution is 2.16. The smallest absolute Gasteiger partial charge is 0.373 e. The third-order valence-corrected chi connectivity index (χ3v) is 2.93. The van der Waals surface area contributed by atoms with Gasteiger partial charge in [0.15, 0.2) is 0 Å². The van der Waals surface area contributed by atoms with Gasteiger partial charge in [-0.1, -0.05) is 17.7 Å². The molecule has 0 bridgehead atoms. The van der Waals surface area contributed by atoms with Gasteiger partial charge < -0.3 is 4.74 Å². The minimum absolute atomic E-state index is 0.342. The van der Waals surface area contributed by atoms with E-state index in [1.165, 1.54) is 6.61 Å². The predicted molar refractivity (Wildman–Crippen MR) is 72.4 cm³/mol. The number of aryl methyl sites for hydroxylation is 2. The van der Waals surface area contributed by atoms with Crippen molar-refractivity contribution in [3.8, 4) is 0 Å². The van der Waals surface area contributed by atoms with Crippen LogP contribution >= 0.6 is 0 Å². The van der Waals surface area contributed by atoms with Crippen LogP contribution in [0.2, 0.25) is 0 Å². The Hall–Kier alpha value is -1.39. The molecule has 0 spiro atoms. The topological polar surface area (TPSA) is 44.8 Å². The van der Waals surface area contributed by atoms with Crippen LogP contribution in [-0.2, 0) is 14.5 Å². The van der Waals surface area contributed by atoms with E-state index in [9.17, 15) is 4.79 Å². The summed E-state index contributed by atoms with van der Waals surface area (Å²) in [7, 11) is 1.62. The molecule has 0 heterocycles. The average Bonchev–Trinajstić information content (AvgIpc) is 2.37. The summed E-state index contributed by atoms with van der Waals surface area (Å²) in [6.07, 6.45) is 0.517. The van der Waals surface area contributed by atoms with E-state index in [2.05, 4.69) is 0 Å². The van der Waals surface area contributed by atoms with Gasteiger partial charge in [-0.05, 0) is 39.3 Å². The van der Waals surface area contributed by atoms with Crippen LogP contribution in [0.3, 0.4) is 0 Å². The van der Waals surface area contributed by atoms with Crippen molar-refractivity contribution in [2.24, 2.45) is 0 Å². The highest BCUT2D eigenvalue weighted by atomic mass is 17.2. The lowest BCUT2D eigenvalue weighted by Gasteiger charge is -2.21. The van der Waals surface area contributed by atoms with Gasteiger partial charge in [0.2, 0.25) is 0 Å². The zero-order valence-corrected chi connectivity index (χ0v) is 12.1. The number of carbonyl (C=O) groups is 1. The zero-order valence-electron chi connectivity index (χ0n) is 12.1. The first-order valence-electron chi connectivity index (χ1n) is 6.17. The van der Waals surface area contributed by atoms with Crippen molar-refractivity contribution < 1.29 is 19.3 Å². The first kappa shape index (κ1) is 15.7. The van der Waals surface area contributed by atoms with Gasteiger partial charge in [-0.15, -0.1) is 0 Å². The largest absolute Gasteiger partial charge is 0.379 e. The van der Waals surface area contributed by atoms with Crippen molar-refractivity contribution in [1.29, 1.82) is 0 Å². The SMILES string of the molecule is COC(C)(C)C[CH]OOC(=O)c1cc(C)ccc1C. The highest BCUT2D eigenvalue weighted by Gasteiger charge is 2.18. The Morgan fingerprint density at radius 1 is 1.32 bits per heavy atom. The molecule has 0 saturated carbocycles. The molecule has 4 heteroatoms. The molecule has 4 nitrogen and oxygen atoms in total. The molecule has 0 fully saturated rings. The van der Waals surface area contributed by atoms with Crippen LogP contribution in [0, 0.1) is 20.5 Å². The monoisotopic (exact) mass is 265 g/mol. The minimum Gasteiger partial charge on any atom is -0.379 e. The number of methoxy groups -OCH3 is 1. The average molecular weight is 265 g/mol. The molecule has 0 aliphatic carbocycles. The van der Waals surface area contributed by atoms with Crippen LogP contribution in [0.5, 0.6) is 0 Å². The maximum Gasteiger partial charge on any atom is 0.373 e. The van der Waals surface area contributed by atoms with E-state index in [1.54, 1.807) is 13.2 Å². The summed E-state index contributed by atoms with van der Waals surface area (Å²) >= 11 is 0. The fraction of sp³-hybridized carbons (Fsp3) is 0.467. The Labute approximate surface area is 114 Å². The van der Waals surface area contributed by atoms with E-state index in [4.69, 9.17) is 14.5 Å².